The van der Waals surface area contributed by atoms with Crippen LogP contribution in [0.5, 0.6) is 0 Å². The lowest BCUT2D eigenvalue weighted by Gasteiger charge is -2.17. The highest BCUT2D eigenvalue weighted by atomic mass is 32.2. The van der Waals surface area contributed by atoms with Crippen molar-refractivity contribution in [2.24, 2.45) is 0 Å². The zero-order valence-corrected chi connectivity index (χ0v) is 18.7. The highest BCUT2D eigenvalue weighted by Gasteiger charge is 2.20. The lowest BCUT2D eigenvalue weighted by molar-refractivity contribution is -0.115. The van der Waals surface area contributed by atoms with Gasteiger partial charge in [-0.15, -0.1) is 10.2 Å². The predicted octanol–water partition coefficient (Wildman–Crippen LogP) is 6.54. The second kappa shape index (κ2) is 9.31. The van der Waals surface area contributed by atoms with E-state index in [1.807, 2.05) is 73.7 Å². The van der Waals surface area contributed by atoms with Gasteiger partial charge in [0.2, 0.25) is 5.91 Å². The molecule has 5 heteroatoms. The summed E-state index contributed by atoms with van der Waals surface area (Å²) in [5.74, 6) is 0.288. The van der Waals surface area contributed by atoms with E-state index in [9.17, 15) is 4.79 Å². The van der Waals surface area contributed by atoms with Crippen molar-refractivity contribution in [1.82, 2.24) is 10.2 Å². The molecule has 0 fully saturated rings. The Hall–Kier alpha value is -3.18. The number of nitrogens with one attached hydrogen (secondary N) is 1. The second-order valence-electron chi connectivity index (χ2n) is 7.76. The maximum atomic E-state index is 12.9. The number of hydrogen-bond acceptors (Lipinski definition) is 4. The van der Waals surface area contributed by atoms with Crippen molar-refractivity contribution < 1.29 is 4.79 Å². The predicted molar refractivity (Wildman–Crippen MR) is 129 cm³/mol. The fourth-order valence-corrected chi connectivity index (χ4v) is 4.44. The number of anilines is 1. The molecular weight excluding hydrogens is 402 g/mol. The highest BCUT2D eigenvalue weighted by molar-refractivity contribution is 8.00. The molecule has 1 amide bonds. The van der Waals surface area contributed by atoms with E-state index in [4.69, 9.17) is 0 Å². The van der Waals surface area contributed by atoms with Crippen LogP contribution in [0.25, 0.3) is 22.0 Å². The number of fused-ring (bicyclic) bond motifs is 1. The Bertz CT molecular complexity index is 1210. The van der Waals surface area contributed by atoms with Gasteiger partial charge in [-0.3, -0.25) is 4.79 Å². The van der Waals surface area contributed by atoms with E-state index in [0.717, 1.165) is 38.3 Å². The van der Waals surface area contributed by atoms with E-state index in [1.165, 1.54) is 11.8 Å². The first-order chi connectivity index (χ1) is 15.0. The quantitative estimate of drug-likeness (QED) is 0.355. The number of amides is 1. The molecular formula is C26H25N3OS. The molecule has 0 saturated carbocycles. The smallest absolute Gasteiger partial charge is 0.237 e. The van der Waals surface area contributed by atoms with Gasteiger partial charge in [0, 0.05) is 22.0 Å². The van der Waals surface area contributed by atoms with Gasteiger partial charge >= 0.3 is 0 Å². The van der Waals surface area contributed by atoms with Crippen LogP contribution in [0.1, 0.15) is 32.3 Å². The number of carbonyl (C=O) groups excluding carboxylic acids is 1. The third-order valence-electron chi connectivity index (χ3n) is 5.20. The number of rotatable bonds is 6. The van der Waals surface area contributed by atoms with Crippen LogP contribution >= 0.6 is 11.8 Å². The van der Waals surface area contributed by atoms with Crippen LogP contribution < -0.4 is 5.32 Å². The van der Waals surface area contributed by atoms with Gasteiger partial charge in [0.05, 0.1) is 5.25 Å². The Morgan fingerprint density at radius 2 is 1.45 bits per heavy atom. The van der Waals surface area contributed by atoms with Gasteiger partial charge in [-0.05, 0) is 24.5 Å². The molecule has 4 aromatic rings. The third kappa shape index (κ3) is 4.62. The van der Waals surface area contributed by atoms with Crippen molar-refractivity contribution in [3.8, 4) is 11.3 Å². The van der Waals surface area contributed by atoms with Gasteiger partial charge in [0.15, 0.2) is 0 Å². The number of aromatic nitrogens is 2. The average molecular weight is 428 g/mol. The van der Waals surface area contributed by atoms with Gasteiger partial charge in [-0.1, -0.05) is 98.4 Å². The molecule has 156 valence electrons. The minimum absolute atomic E-state index is 0.0453. The number of nitrogens with zero attached hydrogens (tertiary/aromatic N) is 2. The van der Waals surface area contributed by atoms with Gasteiger partial charge in [0.25, 0.3) is 0 Å². The molecule has 4 rings (SSSR count). The maximum Gasteiger partial charge on any atom is 0.237 e. The average Bonchev–Trinajstić information content (AvgIpc) is 2.80. The summed E-state index contributed by atoms with van der Waals surface area (Å²) in [6.45, 7) is 6.15. The summed E-state index contributed by atoms with van der Waals surface area (Å²) in [5.41, 5.74) is 3.87. The number of benzene rings is 3. The van der Waals surface area contributed by atoms with Gasteiger partial charge in [-0.2, -0.15) is 0 Å². The molecule has 1 atom stereocenters. The van der Waals surface area contributed by atoms with Crippen LogP contribution in [0.2, 0.25) is 0 Å². The van der Waals surface area contributed by atoms with Gasteiger partial charge in [-0.25, -0.2) is 0 Å². The molecule has 0 aliphatic heterocycles. The first kappa shape index (κ1) is 21.1. The third-order valence-corrected chi connectivity index (χ3v) is 6.29. The highest BCUT2D eigenvalue weighted by Crippen LogP contribution is 2.34. The van der Waals surface area contributed by atoms with E-state index in [2.05, 4.69) is 41.5 Å². The lowest BCUT2D eigenvalue weighted by atomic mass is 10.0. The van der Waals surface area contributed by atoms with Gasteiger partial charge < -0.3 is 5.32 Å². The summed E-state index contributed by atoms with van der Waals surface area (Å²) in [7, 11) is 0. The minimum atomic E-state index is -0.319. The summed E-state index contributed by atoms with van der Waals surface area (Å²) in [6, 6.07) is 26.1. The first-order valence-corrected chi connectivity index (χ1v) is 11.3. The molecule has 1 aromatic heterocycles. The van der Waals surface area contributed by atoms with E-state index in [1.54, 1.807) is 0 Å². The van der Waals surface area contributed by atoms with Crippen molar-refractivity contribution in [1.29, 1.82) is 0 Å². The standard InChI is InChI=1S/C26H25N3OS/c1-17(2)20-13-9-10-16-23(20)27-25(30)18(3)31-26-22-15-8-7-14-21(22)24(28-29-26)19-11-5-4-6-12-19/h4-18H,1-3H3,(H,27,30). The first-order valence-electron chi connectivity index (χ1n) is 10.4. The number of thioether (sulfide) groups is 1. The number of hydrogen-bond donors (Lipinski definition) is 1. The molecule has 3 aromatic carbocycles. The largest absolute Gasteiger partial charge is 0.325 e. The summed E-state index contributed by atoms with van der Waals surface area (Å²) in [4.78, 5) is 12.9. The molecule has 0 aliphatic carbocycles. The van der Waals surface area contributed by atoms with Crippen LogP contribution in [0, 0.1) is 0 Å². The monoisotopic (exact) mass is 427 g/mol. The molecule has 1 N–H and O–H groups in total. The van der Waals surface area contributed by atoms with Crippen molar-refractivity contribution in [2.45, 2.75) is 37.0 Å². The van der Waals surface area contributed by atoms with Crippen LogP contribution in [0.3, 0.4) is 0 Å². The number of para-hydroxylation sites is 1. The van der Waals surface area contributed by atoms with Crippen molar-refractivity contribution in [2.75, 3.05) is 5.32 Å². The minimum Gasteiger partial charge on any atom is -0.325 e. The van der Waals surface area contributed by atoms with E-state index >= 15 is 0 Å². The second-order valence-corrected chi connectivity index (χ2v) is 9.09. The Balaban J connectivity index is 1.60. The lowest BCUT2D eigenvalue weighted by Crippen LogP contribution is -2.23. The summed E-state index contributed by atoms with van der Waals surface area (Å²) in [6.07, 6.45) is 0. The molecule has 4 nitrogen and oxygen atoms in total. The van der Waals surface area contributed by atoms with Crippen molar-refractivity contribution in [3.63, 3.8) is 0 Å². The van der Waals surface area contributed by atoms with Crippen molar-refractivity contribution in [3.05, 3.63) is 84.4 Å². The van der Waals surface area contributed by atoms with Crippen LogP contribution in [-0.4, -0.2) is 21.4 Å². The summed E-state index contributed by atoms with van der Waals surface area (Å²) in [5, 5.41) is 14.6. The molecule has 0 bridgehead atoms. The molecule has 0 aliphatic rings. The Labute approximate surface area is 187 Å². The van der Waals surface area contributed by atoms with Crippen LogP contribution in [0.4, 0.5) is 5.69 Å². The van der Waals surface area contributed by atoms with Crippen LogP contribution in [-0.2, 0) is 4.79 Å². The summed E-state index contributed by atoms with van der Waals surface area (Å²) < 4.78 is 0. The van der Waals surface area contributed by atoms with E-state index < -0.39 is 0 Å². The van der Waals surface area contributed by atoms with Crippen LogP contribution in [0.15, 0.2) is 83.9 Å². The van der Waals surface area contributed by atoms with Crippen molar-refractivity contribution >= 4 is 34.1 Å². The topological polar surface area (TPSA) is 54.9 Å². The van der Waals surface area contributed by atoms with E-state index in [0.29, 0.717) is 5.92 Å². The zero-order chi connectivity index (χ0) is 21.8. The fraction of sp³-hybridized carbons (Fsp3) is 0.192. The molecule has 31 heavy (non-hydrogen) atoms. The van der Waals surface area contributed by atoms with Gasteiger partial charge in [0.1, 0.15) is 10.7 Å². The molecule has 1 unspecified atom stereocenters. The molecule has 1 heterocycles. The SMILES string of the molecule is CC(Sc1nnc(-c2ccccc2)c2ccccc12)C(=O)Nc1ccccc1C(C)C. The Kier molecular flexibility index (Phi) is 6.33. The molecule has 0 spiro atoms. The van der Waals surface area contributed by atoms with E-state index in [-0.39, 0.29) is 11.2 Å². The normalized spacial score (nSPS) is 12.1. The molecule has 0 saturated heterocycles. The zero-order valence-electron chi connectivity index (χ0n) is 17.9. The maximum absolute atomic E-state index is 12.9. The molecule has 0 radical (unpaired) electrons. The summed E-state index contributed by atoms with van der Waals surface area (Å²) >= 11 is 1.43. The Morgan fingerprint density at radius 3 is 2.19 bits per heavy atom. The number of carbonyl (C=O) groups is 1. The Morgan fingerprint density at radius 1 is 0.806 bits per heavy atom. The fourth-order valence-electron chi connectivity index (χ4n) is 3.55.